The highest BCUT2D eigenvalue weighted by Crippen LogP contribution is 2.27. The lowest BCUT2D eigenvalue weighted by Crippen LogP contribution is -2.24. The molecule has 0 bridgehead atoms. The van der Waals surface area contributed by atoms with Gasteiger partial charge in [0.25, 0.3) is 0 Å². The van der Waals surface area contributed by atoms with E-state index in [9.17, 15) is 4.79 Å². The van der Waals surface area contributed by atoms with Gasteiger partial charge in [-0.05, 0) is 49.9 Å². The van der Waals surface area contributed by atoms with Gasteiger partial charge in [-0.1, -0.05) is 13.0 Å². The monoisotopic (exact) mass is 295 g/mol. The molecule has 0 saturated carbocycles. The number of aryl methyl sites for hydroxylation is 1. The van der Waals surface area contributed by atoms with Gasteiger partial charge < -0.3 is 15.2 Å². The van der Waals surface area contributed by atoms with Crippen LogP contribution in [0.1, 0.15) is 29.4 Å². The predicted molar refractivity (Wildman–Crippen MR) is 90.5 cm³/mol. The topological polar surface area (TPSA) is 51.3 Å². The molecule has 0 radical (unpaired) electrons. The molecule has 0 saturated heterocycles. The van der Waals surface area contributed by atoms with E-state index in [1.54, 1.807) is 6.07 Å². The van der Waals surface area contributed by atoms with E-state index in [1.165, 1.54) is 5.70 Å². The third-order valence-corrected chi connectivity index (χ3v) is 4.04. The molecule has 2 aromatic rings. The number of nitrogens with zero attached hydrogens (tertiary/aromatic N) is 2. The fraction of sp³-hybridized carbons (Fsp3) is 0.278. The Kier molecular flexibility index (Phi) is 3.75. The number of carbonyl (C=O) groups is 1. The van der Waals surface area contributed by atoms with E-state index in [0.29, 0.717) is 5.56 Å². The van der Waals surface area contributed by atoms with Crippen LogP contribution in [0.15, 0.2) is 42.6 Å². The molecule has 1 aromatic carbocycles. The number of primary amides is 1. The van der Waals surface area contributed by atoms with E-state index in [0.717, 1.165) is 36.1 Å². The highest BCUT2D eigenvalue weighted by Gasteiger charge is 2.16. The third kappa shape index (κ3) is 2.41. The van der Waals surface area contributed by atoms with Crippen LogP contribution < -0.4 is 5.73 Å². The minimum Gasteiger partial charge on any atom is -0.372 e. The van der Waals surface area contributed by atoms with Crippen LogP contribution in [0.25, 0.3) is 16.6 Å². The summed E-state index contributed by atoms with van der Waals surface area (Å²) >= 11 is 0. The summed E-state index contributed by atoms with van der Waals surface area (Å²) in [5.41, 5.74) is 9.44. The molecule has 3 rings (SSSR count). The van der Waals surface area contributed by atoms with Crippen molar-refractivity contribution in [2.45, 2.75) is 20.3 Å². The largest absolute Gasteiger partial charge is 0.372 e. The molecular formula is C18H21N3O. The van der Waals surface area contributed by atoms with Crippen molar-refractivity contribution in [1.82, 2.24) is 9.47 Å². The SMILES string of the molecule is CCCN1C=CC=C(n2c(C)cc3c(C(N)=O)cccc32)C1. The van der Waals surface area contributed by atoms with Gasteiger partial charge in [-0.15, -0.1) is 0 Å². The second-order valence-corrected chi connectivity index (χ2v) is 5.69. The average molecular weight is 295 g/mol. The zero-order valence-electron chi connectivity index (χ0n) is 13.0. The van der Waals surface area contributed by atoms with Gasteiger partial charge >= 0.3 is 0 Å². The number of hydrogen-bond donors (Lipinski definition) is 1. The maximum absolute atomic E-state index is 11.6. The van der Waals surface area contributed by atoms with Crippen LogP contribution >= 0.6 is 0 Å². The molecule has 0 spiro atoms. The number of hydrogen-bond acceptors (Lipinski definition) is 2. The fourth-order valence-electron chi connectivity index (χ4n) is 3.13. The molecule has 4 nitrogen and oxygen atoms in total. The van der Waals surface area contributed by atoms with Gasteiger partial charge in [0.05, 0.1) is 12.1 Å². The molecule has 0 fully saturated rings. The van der Waals surface area contributed by atoms with Gasteiger partial charge in [-0.25, -0.2) is 0 Å². The number of rotatable bonds is 4. The van der Waals surface area contributed by atoms with E-state index in [4.69, 9.17) is 5.73 Å². The molecule has 1 aliphatic rings. The van der Waals surface area contributed by atoms with E-state index in [1.807, 2.05) is 18.2 Å². The molecule has 1 amide bonds. The summed E-state index contributed by atoms with van der Waals surface area (Å²) < 4.78 is 2.22. The quantitative estimate of drug-likeness (QED) is 0.942. The Balaban J connectivity index is 2.10. The van der Waals surface area contributed by atoms with Gasteiger partial charge in [-0.2, -0.15) is 0 Å². The minimum atomic E-state index is -0.382. The molecule has 0 unspecified atom stereocenters. The number of benzene rings is 1. The molecule has 114 valence electrons. The Hall–Kier alpha value is -2.49. The maximum atomic E-state index is 11.6. The van der Waals surface area contributed by atoms with E-state index in [-0.39, 0.29) is 5.91 Å². The molecule has 22 heavy (non-hydrogen) atoms. The molecule has 0 atom stereocenters. The van der Waals surface area contributed by atoms with Crippen molar-refractivity contribution >= 4 is 22.5 Å². The standard InChI is InChI=1S/C18H21N3O/c1-3-9-20-10-5-6-14(12-20)21-13(2)11-16-15(18(19)22)7-4-8-17(16)21/h4-8,10-11H,3,9,12H2,1-2H3,(H2,19,22). The van der Waals surface area contributed by atoms with Crippen LogP contribution in [0.2, 0.25) is 0 Å². The lowest BCUT2D eigenvalue weighted by molar-refractivity contribution is 0.100. The van der Waals surface area contributed by atoms with E-state index in [2.05, 4.69) is 41.7 Å². The van der Waals surface area contributed by atoms with Gasteiger partial charge in [0, 0.05) is 28.9 Å². The molecule has 1 aromatic heterocycles. The second-order valence-electron chi connectivity index (χ2n) is 5.69. The van der Waals surface area contributed by atoms with E-state index < -0.39 is 0 Å². The summed E-state index contributed by atoms with van der Waals surface area (Å²) in [6, 6.07) is 7.76. The normalized spacial score (nSPS) is 14.5. The summed E-state index contributed by atoms with van der Waals surface area (Å²) in [5.74, 6) is -0.382. The number of allylic oxidation sites excluding steroid dienone is 2. The van der Waals surface area contributed by atoms with Crippen molar-refractivity contribution in [2.24, 2.45) is 5.73 Å². The van der Waals surface area contributed by atoms with Gasteiger partial charge in [0.1, 0.15) is 0 Å². The number of aromatic nitrogens is 1. The molecule has 2 heterocycles. The Morgan fingerprint density at radius 3 is 2.91 bits per heavy atom. The first-order valence-electron chi connectivity index (χ1n) is 7.64. The summed E-state index contributed by atoms with van der Waals surface area (Å²) in [6.45, 7) is 6.16. The Bertz CT molecular complexity index is 783. The van der Waals surface area contributed by atoms with Gasteiger partial charge in [0.15, 0.2) is 0 Å². The second kappa shape index (κ2) is 5.72. The van der Waals surface area contributed by atoms with Crippen molar-refractivity contribution in [1.29, 1.82) is 0 Å². The smallest absolute Gasteiger partial charge is 0.249 e. The molecular weight excluding hydrogens is 274 g/mol. The fourth-order valence-corrected chi connectivity index (χ4v) is 3.13. The van der Waals surface area contributed by atoms with Crippen molar-refractivity contribution in [3.05, 3.63) is 53.9 Å². The lowest BCUT2D eigenvalue weighted by atomic mass is 10.1. The lowest BCUT2D eigenvalue weighted by Gasteiger charge is -2.26. The predicted octanol–water partition coefficient (Wildman–Crippen LogP) is 3.13. The Morgan fingerprint density at radius 2 is 2.18 bits per heavy atom. The summed E-state index contributed by atoms with van der Waals surface area (Å²) in [4.78, 5) is 13.9. The first kappa shape index (κ1) is 14.4. The molecule has 1 aliphatic heterocycles. The van der Waals surface area contributed by atoms with Crippen molar-refractivity contribution in [3.63, 3.8) is 0 Å². The molecule has 4 heteroatoms. The summed E-state index contributed by atoms with van der Waals surface area (Å²) in [6.07, 6.45) is 7.46. The van der Waals surface area contributed by atoms with Crippen LogP contribution in [-0.4, -0.2) is 28.5 Å². The number of amides is 1. The molecule has 0 aliphatic carbocycles. The van der Waals surface area contributed by atoms with Crippen molar-refractivity contribution in [3.8, 4) is 0 Å². The minimum absolute atomic E-state index is 0.382. The number of carbonyl (C=O) groups excluding carboxylic acids is 1. The van der Waals surface area contributed by atoms with Gasteiger partial charge in [-0.3, -0.25) is 4.79 Å². The van der Waals surface area contributed by atoms with Crippen LogP contribution in [0.4, 0.5) is 0 Å². The first-order valence-corrected chi connectivity index (χ1v) is 7.64. The van der Waals surface area contributed by atoms with Crippen LogP contribution in [0.5, 0.6) is 0 Å². The number of fused-ring (bicyclic) bond motifs is 1. The highest BCUT2D eigenvalue weighted by atomic mass is 16.1. The van der Waals surface area contributed by atoms with Crippen LogP contribution in [-0.2, 0) is 0 Å². The van der Waals surface area contributed by atoms with Crippen molar-refractivity contribution < 1.29 is 4.79 Å². The Morgan fingerprint density at radius 1 is 1.36 bits per heavy atom. The zero-order chi connectivity index (χ0) is 15.7. The summed E-state index contributed by atoms with van der Waals surface area (Å²) in [5, 5.41) is 0.921. The summed E-state index contributed by atoms with van der Waals surface area (Å²) in [7, 11) is 0. The maximum Gasteiger partial charge on any atom is 0.249 e. The average Bonchev–Trinajstić information content (AvgIpc) is 2.83. The van der Waals surface area contributed by atoms with Crippen molar-refractivity contribution in [2.75, 3.05) is 13.1 Å². The number of nitrogens with two attached hydrogens (primary N) is 1. The van der Waals surface area contributed by atoms with Crippen LogP contribution in [0, 0.1) is 6.92 Å². The highest BCUT2D eigenvalue weighted by molar-refractivity contribution is 6.06. The third-order valence-electron chi connectivity index (χ3n) is 4.04. The first-order chi connectivity index (χ1) is 10.6. The van der Waals surface area contributed by atoms with E-state index >= 15 is 0 Å². The zero-order valence-corrected chi connectivity index (χ0v) is 13.0. The molecule has 2 N–H and O–H groups in total. The Labute approximate surface area is 130 Å². The van der Waals surface area contributed by atoms with Crippen LogP contribution in [0.3, 0.4) is 0 Å². The van der Waals surface area contributed by atoms with Gasteiger partial charge in [0.2, 0.25) is 5.91 Å².